The Balaban J connectivity index is 1.33. The molecule has 2 bridgehead atoms. The van der Waals surface area contributed by atoms with Crippen molar-refractivity contribution in [2.45, 2.75) is 22.6 Å². The van der Waals surface area contributed by atoms with Gasteiger partial charge in [-0.25, -0.2) is 4.39 Å². The van der Waals surface area contributed by atoms with Crippen LogP contribution in [0.5, 0.6) is 0 Å². The summed E-state index contributed by atoms with van der Waals surface area (Å²) in [6, 6.07) is 15.8. The van der Waals surface area contributed by atoms with Crippen molar-refractivity contribution in [3.8, 4) is 0 Å². The van der Waals surface area contributed by atoms with Gasteiger partial charge in [0.2, 0.25) is 11.8 Å². The van der Waals surface area contributed by atoms with E-state index < -0.39 is 5.82 Å². The summed E-state index contributed by atoms with van der Waals surface area (Å²) in [6.45, 7) is 0. The lowest BCUT2D eigenvalue weighted by atomic mass is 9.68. The van der Waals surface area contributed by atoms with Gasteiger partial charge in [-0.2, -0.15) is 0 Å². The summed E-state index contributed by atoms with van der Waals surface area (Å²) in [5.41, 5.74) is 1.60. The summed E-state index contributed by atoms with van der Waals surface area (Å²) in [7, 11) is 0. The van der Waals surface area contributed by atoms with Gasteiger partial charge in [0.15, 0.2) is 0 Å². The molecule has 2 amide bonds. The lowest BCUT2D eigenvalue weighted by Crippen LogP contribution is -2.42. The minimum absolute atomic E-state index is 0.0372. The molecule has 7 atom stereocenters. The molecule has 1 saturated heterocycles. The monoisotopic (exact) mass is 478 g/mol. The van der Waals surface area contributed by atoms with Gasteiger partial charge in [-0.05, 0) is 54.0 Å². The van der Waals surface area contributed by atoms with Gasteiger partial charge in [-0.15, -0.1) is 11.8 Å². The molecule has 3 heterocycles. The maximum atomic E-state index is 13.6. The van der Waals surface area contributed by atoms with E-state index in [4.69, 9.17) is 0 Å². The fraction of sp³-hybridized carbons (Fsp3) is 0.320. The second kappa shape index (κ2) is 6.90. The number of thioether (sulfide) groups is 1. The molecule has 8 heteroatoms. The topological polar surface area (TPSA) is 70.2 Å². The second-order valence-electron chi connectivity index (χ2n) is 9.36. The van der Waals surface area contributed by atoms with Crippen molar-refractivity contribution in [3.63, 3.8) is 0 Å². The Kier molecular flexibility index (Phi) is 4.13. The van der Waals surface area contributed by atoms with Crippen molar-refractivity contribution in [2.24, 2.45) is 29.6 Å². The lowest BCUT2D eigenvalue weighted by molar-refractivity contribution is -0.123. The Labute approximate surface area is 197 Å². The number of hydrogen-bond donors (Lipinski definition) is 1. The minimum atomic E-state index is -0.397. The molecule has 1 N–H and O–H groups in total. The van der Waals surface area contributed by atoms with Crippen molar-refractivity contribution in [2.75, 3.05) is 4.90 Å². The number of anilines is 1. The second-order valence-corrected chi connectivity index (χ2v) is 11.6. The van der Waals surface area contributed by atoms with Crippen molar-refractivity contribution >= 4 is 40.6 Å². The number of rotatable bonds is 2. The van der Waals surface area contributed by atoms with Crippen LogP contribution in [0.15, 0.2) is 64.4 Å². The third kappa shape index (κ3) is 2.62. The number of thiazole rings is 1. The zero-order chi connectivity index (χ0) is 22.4. The molecule has 2 aromatic carbocycles. The van der Waals surface area contributed by atoms with Gasteiger partial charge in [-0.1, -0.05) is 41.7 Å². The molecule has 7 unspecified atom stereocenters. The molecule has 1 aromatic heterocycles. The summed E-state index contributed by atoms with van der Waals surface area (Å²) in [5, 5.41) is 1.08. The van der Waals surface area contributed by atoms with E-state index in [0.29, 0.717) is 5.69 Å². The zero-order valence-corrected chi connectivity index (χ0v) is 18.9. The highest BCUT2D eigenvalue weighted by molar-refractivity contribution is 8.00. The van der Waals surface area contributed by atoms with Crippen LogP contribution in [0.1, 0.15) is 22.8 Å². The van der Waals surface area contributed by atoms with Gasteiger partial charge >= 0.3 is 4.87 Å². The van der Waals surface area contributed by atoms with Crippen molar-refractivity contribution in [3.05, 3.63) is 80.5 Å². The number of aromatic amines is 1. The van der Waals surface area contributed by atoms with E-state index in [-0.39, 0.29) is 57.4 Å². The Hall–Kier alpha value is -2.71. The fourth-order valence-corrected chi connectivity index (χ4v) is 9.78. The van der Waals surface area contributed by atoms with Crippen LogP contribution in [0.25, 0.3) is 0 Å². The summed E-state index contributed by atoms with van der Waals surface area (Å²) in [6.07, 6.45) is 0.856. The third-order valence-corrected chi connectivity index (χ3v) is 10.6. The first-order valence-corrected chi connectivity index (χ1v) is 12.8. The summed E-state index contributed by atoms with van der Waals surface area (Å²) in [4.78, 5) is 44.6. The highest BCUT2D eigenvalue weighted by Crippen LogP contribution is 2.68. The van der Waals surface area contributed by atoms with E-state index >= 15 is 0 Å². The number of amides is 2. The van der Waals surface area contributed by atoms with Crippen LogP contribution in [0, 0.1) is 35.4 Å². The highest BCUT2D eigenvalue weighted by atomic mass is 32.2. The first-order chi connectivity index (χ1) is 16.0. The molecule has 7 rings (SSSR count). The molecule has 2 saturated carbocycles. The van der Waals surface area contributed by atoms with Crippen LogP contribution in [-0.2, 0) is 9.59 Å². The van der Waals surface area contributed by atoms with Crippen LogP contribution in [-0.4, -0.2) is 22.0 Å². The van der Waals surface area contributed by atoms with Crippen molar-refractivity contribution in [1.29, 1.82) is 0 Å². The lowest BCUT2D eigenvalue weighted by Gasteiger charge is -2.43. The third-order valence-electron chi connectivity index (χ3n) is 7.97. The van der Waals surface area contributed by atoms with Crippen molar-refractivity contribution in [1.82, 2.24) is 4.98 Å². The Morgan fingerprint density at radius 2 is 1.61 bits per heavy atom. The first kappa shape index (κ1) is 19.7. The van der Waals surface area contributed by atoms with E-state index in [1.807, 2.05) is 18.2 Å². The van der Waals surface area contributed by atoms with E-state index in [1.54, 1.807) is 11.8 Å². The number of hydrogen-bond acceptors (Lipinski definition) is 5. The van der Waals surface area contributed by atoms with Gasteiger partial charge in [0.25, 0.3) is 0 Å². The average molecular weight is 479 g/mol. The number of nitrogens with zero attached hydrogens (tertiary/aromatic N) is 1. The van der Waals surface area contributed by atoms with Crippen molar-refractivity contribution < 1.29 is 14.0 Å². The smallest absolute Gasteiger partial charge is 0.305 e. The summed E-state index contributed by atoms with van der Waals surface area (Å²) >= 11 is 2.95. The molecule has 3 aromatic rings. The Morgan fingerprint density at radius 1 is 0.909 bits per heavy atom. The van der Waals surface area contributed by atoms with Gasteiger partial charge in [0, 0.05) is 16.0 Å². The Morgan fingerprint density at radius 3 is 2.33 bits per heavy atom. The SMILES string of the molecule is O=C1C2C3CC(C2C(=O)N1c1ccc(F)cc1)C1C(c2ccccc2)c2sc(=O)[nH]c2SC31. The van der Waals surface area contributed by atoms with E-state index in [9.17, 15) is 18.8 Å². The van der Waals surface area contributed by atoms with E-state index in [1.165, 1.54) is 40.5 Å². The number of nitrogens with one attached hydrogen (secondary N) is 1. The number of carbonyl (C=O) groups is 2. The van der Waals surface area contributed by atoms with E-state index in [0.717, 1.165) is 21.9 Å². The molecule has 3 fully saturated rings. The van der Waals surface area contributed by atoms with Crippen LogP contribution in [0.3, 0.4) is 0 Å². The molecule has 0 radical (unpaired) electrons. The summed E-state index contributed by atoms with van der Waals surface area (Å²) in [5.74, 6) is -1.03. The first-order valence-electron chi connectivity index (χ1n) is 11.1. The van der Waals surface area contributed by atoms with Crippen LogP contribution < -0.4 is 9.77 Å². The largest absolute Gasteiger partial charge is 0.307 e. The fourth-order valence-electron chi connectivity index (χ4n) is 6.90. The molecular formula is C25H19FN2O3S2. The average Bonchev–Trinajstić information content (AvgIpc) is 3.54. The molecule has 0 spiro atoms. The van der Waals surface area contributed by atoms with Gasteiger partial charge in [0.1, 0.15) is 5.82 Å². The quantitative estimate of drug-likeness (QED) is 0.559. The standard InChI is InChI=1S/C25H19FN2O3S2/c26-12-6-8-13(9-7-12)28-23(29)18-14-10-15(19(18)24(28)30)20-17(14)16(11-4-2-1-3-5-11)21-22(32-20)27-25(31)33-21/h1-9,14-20H,10H2,(H,27,31). The number of H-pyrrole nitrogens is 1. The molecule has 166 valence electrons. The van der Waals surface area contributed by atoms with Crippen LogP contribution in [0.2, 0.25) is 0 Å². The molecular weight excluding hydrogens is 459 g/mol. The molecule has 33 heavy (non-hydrogen) atoms. The van der Waals surface area contributed by atoms with Crippen LogP contribution in [0.4, 0.5) is 10.1 Å². The molecule has 4 aliphatic rings. The Bertz CT molecular complexity index is 1350. The predicted octanol–water partition coefficient (Wildman–Crippen LogP) is 4.25. The van der Waals surface area contributed by atoms with E-state index in [2.05, 4.69) is 17.1 Å². The molecule has 2 aliphatic carbocycles. The number of imide groups is 1. The highest BCUT2D eigenvalue weighted by Gasteiger charge is 2.69. The van der Waals surface area contributed by atoms with Gasteiger partial charge in [-0.3, -0.25) is 19.3 Å². The zero-order valence-electron chi connectivity index (χ0n) is 17.3. The number of carbonyl (C=O) groups excluding carboxylic acids is 2. The number of benzene rings is 2. The summed E-state index contributed by atoms with van der Waals surface area (Å²) < 4.78 is 13.5. The van der Waals surface area contributed by atoms with Gasteiger partial charge in [0.05, 0.1) is 22.5 Å². The maximum absolute atomic E-state index is 13.6. The molecule has 5 nitrogen and oxygen atoms in total. The molecule has 2 aliphatic heterocycles. The normalized spacial score (nSPS) is 33.8. The van der Waals surface area contributed by atoms with Gasteiger partial charge < -0.3 is 4.98 Å². The predicted molar refractivity (Wildman–Crippen MR) is 124 cm³/mol. The number of aromatic nitrogens is 1. The number of fused-ring (bicyclic) bond motifs is 9. The minimum Gasteiger partial charge on any atom is -0.307 e. The van der Waals surface area contributed by atoms with Crippen LogP contribution >= 0.6 is 23.1 Å². The number of halogens is 1. The maximum Gasteiger partial charge on any atom is 0.305 e.